The van der Waals surface area contributed by atoms with Crippen molar-refractivity contribution in [2.75, 3.05) is 13.7 Å². The zero-order valence-corrected chi connectivity index (χ0v) is 18.8. The first-order valence-electron chi connectivity index (χ1n) is 11.0. The van der Waals surface area contributed by atoms with Crippen LogP contribution in [0.15, 0.2) is 4.52 Å². The Labute approximate surface area is 179 Å². The molecular formula is C22H37N3O5. The molecule has 2 atom stereocenters. The number of amides is 1. The van der Waals surface area contributed by atoms with Crippen LogP contribution in [0.4, 0.5) is 0 Å². The second kappa shape index (κ2) is 11.4. The van der Waals surface area contributed by atoms with E-state index in [0.717, 1.165) is 18.8 Å². The predicted molar refractivity (Wildman–Crippen MR) is 112 cm³/mol. The molecule has 2 rings (SSSR count). The zero-order chi connectivity index (χ0) is 22.1. The van der Waals surface area contributed by atoms with Crippen LogP contribution in [0.2, 0.25) is 0 Å². The van der Waals surface area contributed by atoms with E-state index in [1.807, 2.05) is 20.8 Å². The van der Waals surface area contributed by atoms with Crippen LogP contribution in [0.25, 0.3) is 0 Å². The molecule has 1 aromatic rings. The number of carboxylic acid groups (broad SMARTS) is 1. The summed E-state index contributed by atoms with van der Waals surface area (Å²) in [6.45, 7) is 5.87. The monoisotopic (exact) mass is 423 g/mol. The molecule has 1 aliphatic rings. The van der Waals surface area contributed by atoms with Crippen LogP contribution in [-0.4, -0.2) is 40.8 Å². The van der Waals surface area contributed by atoms with Gasteiger partial charge >= 0.3 is 5.97 Å². The van der Waals surface area contributed by atoms with Crippen LogP contribution >= 0.6 is 0 Å². The van der Waals surface area contributed by atoms with E-state index < -0.39 is 17.3 Å². The number of rotatable bonds is 11. The fraction of sp³-hybridized carbons (Fsp3) is 0.818. The lowest BCUT2D eigenvalue weighted by Crippen LogP contribution is -2.34. The second-order valence-electron chi connectivity index (χ2n) is 9.48. The van der Waals surface area contributed by atoms with Crippen LogP contribution < -0.4 is 5.32 Å². The van der Waals surface area contributed by atoms with Crippen molar-refractivity contribution in [2.45, 2.75) is 84.6 Å². The molecule has 1 fully saturated rings. The zero-order valence-electron chi connectivity index (χ0n) is 18.8. The van der Waals surface area contributed by atoms with Gasteiger partial charge in [0.2, 0.25) is 11.8 Å². The van der Waals surface area contributed by atoms with Gasteiger partial charge in [-0.3, -0.25) is 9.59 Å². The summed E-state index contributed by atoms with van der Waals surface area (Å²) in [5, 5.41) is 16.6. The van der Waals surface area contributed by atoms with Gasteiger partial charge in [0.25, 0.3) is 0 Å². The summed E-state index contributed by atoms with van der Waals surface area (Å²) >= 11 is 0. The molecule has 0 aromatic carbocycles. The van der Waals surface area contributed by atoms with E-state index >= 15 is 0 Å². The SMILES string of the molecule is COCC(=O)NCc1noc([C@H](CCCC2CCCCC2)C(C(=O)O)C(C)(C)C)n1. The largest absolute Gasteiger partial charge is 0.481 e. The number of nitrogens with zero attached hydrogens (tertiary/aromatic N) is 2. The van der Waals surface area contributed by atoms with E-state index in [0.29, 0.717) is 18.1 Å². The Hall–Kier alpha value is -1.96. The molecule has 0 saturated heterocycles. The second-order valence-corrected chi connectivity index (χ2v) is 9.48. The van der Waals surface area contributed by atoms with Crippen molar-refractivity contribution in [1.82, 2.24) is 15.5 Å². The van der Waals surface area contributed by atoms with Gasteiger partial charge in [-0.05, 0) is 17.8 Å². The number of ether oxygens (including phenoxy) is 1. The highest BCUT2D eigenvalue weighted by molar-refractivity contribution is 5.77. The number of carboxylic acids is 1. The third-order valence-corrected chi connectivity index (χ3v) is 5.97. The molecule has 1 aliphatic carbocycles. The van der Waals surface area contributed by atoms with Crippen molar-refractivity contribution in [1.29, 1.82) is 0 Å². The summed E-state index contributed by atoms with van der Waals surface area (Å²) in [6.07, 6.45) is 9.23. The molecule has 0 bridgehead atoms. The molecule has 0 spiro atoms. The van der Waals surface area contributed by atoms with E-state index in [1.54, 1.807) is 0 Å². The van der Waals surface area contributed by atoms with E-state index in [4.69, 9.17) is 9.26 Å². The molecule has 0 aliphatic heterocycles. The highest BCUT2D eigenvalue weighted by Gasteiger charge is 2.41. The number of carbonyl (C=O) groups excluding carboxylic acids is 1. The molecule has 1 aromatic heterocycles. The van der Waals surface area contributed by atoms with Crippen molar-refractivity contribution in [3.63, 3.8) is 0 Å². The van der Waals surface area contributed by atoms with Crippen LogP contribution in [0, 0.1) is 17.3 Å². The van der Waals surface area contributed by atoms with E-state index in [2.05, 4.69) is 15.5 Å². The fourth-order valence-electron chi connectivity index (χ4n) is 4.53. The van der Waals surface area contributed by atoms with Gasteiger partial charge in [0.1, 0.15) is 6.61 Å². The molecule has 30 heavy (non-hydrogen) atoms. The number of nitrogens with one attached hydrogen (secondary N) is 1. The first kappa shape index (κ1) is 24.3. The normalized spacial score (nSPS) is 17.5. The molecule has 8 heteroatoms. The van der Waals surface area contributed by atoms with Crippen LogP contribution in [0.1, 0.15) is 89.8 Å². The number of carbonyl (C=O) groups is 2. The Morgan fingerprint density at radius 3 is 2.57 bits per heavy atom. The third-order valence-electron chi connectivity index (χ3n) is 5.97. The number of hydrogen-bond acceptors (Lipinski definition) is 6. The summed E-state index contributed by atoms with van der Waals surface area (Å²) in [5.74, 6) is -0.695. The van der Waals surface area contributed by atoms with Crippen molar-refractivity contribution in [2.24, 2.45) is 17.3 Å². The Morgan fingerprint density at radius 2 is 1.97 bits per heavy atom. The van der Waals surface area contributed by atoms with E-state index in [9.17, 15) is 14.7 Å². The lowest BCUT2D eigenvalue weighted by Gasteiger charge is -2.32. The third kappa shape index (κ3) is 7.38. The molecule has 1 unspecified atom stereocenters. The molecule has 170 valence electrons. The summed E-state index contributed by atoms with van der Waals surface area (Å²) < 4.78 is 10.3. The van der Waals surface area contributed by atoms with Gasteiger partial charge in [-0.2, -0.15) is 4.98 Å². The highest BCUT2D eigenvalue weighted by atomic mass is 16.5. The smallest absolute Gasteiger partial charge is 0.307 e. The van der Waals surface area contributed by atoms with E-state index in [-0.39, 0.29) is 25.0 Å². The number of hydrogen-bond donors (Lipinski definition) is 2. The maximum atomic E-state index is 12.2. The van der Waals surface area contributed by atoms with Crippen molar-refractivity contribution < 1.29 is 24.0 Å². The minimum atomic E-state index is -0.849. The topological polar surface area (TPSA) is 115 Å². The molecular weight excluding hydrogens is 386 g/mol. The average molecular weight is 424 g/mol. The molecule has 0 radical (unpaired) electrons. The minimum Gasteiger partial charge on any atom is -0.481 e. The molecule has 8 nitrogen and oxygen atoms in total. The van der Waals surface area contributed by atoms with E-state index in [1.165, 1.54) is 39.2 Å². The number of aromatic nitrogens is 2. The first-order valence-corrected chi connectivity index (χ1v) is 11.0. The lowest BCUT2D eigenvalue weighted by molar-refractivity contribution is -0.147. The van der Waals surface area contributed by atoms with Crippen molar-refractivity contribution in [3.8, 4) is 0 Å². The van der Waals surface area contributed by atoms with Crippen molar-refractivity contribution in [3.05, 3.63) is 11.7 Å². The Kier molecular flexibility index (Phi) is 9.27. The highest BCUT2D eigenvalue weighted by Crippen LogP contribution is 2.41. The Balaban J connectivity index is 2.10. The predicted octanol–water partition coefficient (Wildman–Crippen LogP) is 3.91. The van der Waals surface area contributed by atoms with Gasteiger partial charge in [0.05, 0.1) is 18.4 Å². The number of methoxy groups -OCH3 is 1. The Morgan fingerprint density at radius 1 is 1.27 bits per heavy atom. The maximum absolute atomic E-state index is 12.2. The van der Waals surface area contributed by atoms with Gasteiger partial charge in [0.15, 0.2) is 5.82 Å². The van der Waals surface area contributed by atoms with Gasteiger partial charge in [-0.1, -0.05) is 70.9 Å². The minimum absolute atomic E-state index is 0.0421. The van der Waals surface area contributed by atoms with Gasteiger partial charge < -0.3 is 19.7 Å². The van der Waals surface area contributed by atoms with Crippen molar-refractivity contribution >= 4 is 11.9 Å². The summed E-state index contributed by atoms with van der Waals surface area (Å²) in [6, 6.07) is 0. The lowest BCUT2D eigenvalue weighted by atomic mass is 9.71. The first-order chi connectivity index (χ1) is 14.2. The molecule has 1 heterocycles. The van der Waals surface area contributed by atoms with Crippen LogP contribution in [-0.2, 0) is 20.9 Å². The fourth-order valence-corrected chi connectivity index (χ4v) is 4.53. The van der Waals surface area contributed by atoms with Crippen LogP contribution in [0.3, 0.4) is 0 Å². The van der Waals surface area contributed by atoms with Gasteiger partial charge in [-0.15, -0.1) is 0 Å². The quantitative estimate of drug-likeness (QED) is 0.554. The summed E-state index contributed by atoms with van der Waals surface area (Å²) in [7, 11) is 1.45. The number of aliphatic carboxylic acids is 1. The maximum Gasteiger partial charge on any atom is 0.307 e. The summed E-state index contributed by atoms with van der Waals surface area (Å²) in [4.78, 5) is 28.2. The van der Waals surface area contributed by atoms with Gasteiger partial charge in [-0.25, -0.2) is 0 Å². The summed E-state index contributed by atoms with van der Waals surface area (Å²) in [5.41, 5.74) is -0.456. The molecule has 2 N–H and O–H groups in total. The molecule has 1 amide bonds. The average Bonchev–Trinajstić information content (AvgIpc) is 3.14. The standard InChI is InChI=1S/C22H37N3O5/c1-22(2,3)19(21(27)28)16(12-8-11-15-9-6-5-7-10-15)20-24-17(25-30-20)13-23-18(26)14-29-4/h15-16,19H,5-14H2,1-4H3,(H,23,26)(H,27,28)/t16-,19?/m1/s1. The van der Waals surface area contributed by atoms with Crippen LogP contribution in [0.5, 0.6) is 0 Å². The van der Waals surface area contributed by atoms with Gasteiger partial charge in [0, 0.05) is 7.11 Å². The molecule has 1 saturated carbocycles. The Bertz CT molecular complexity index is 677.